The molecule has 4 nitrogen and oxygen atoms in total. The topological polar surface area (TPSA) is 47.8 Å². The lowest BCUT2D eigenvalue weighted by atomic mass is 10.1. The maximum Gasteiger partial charge on any atom is 0.195 e. The highest BCUT2D eigenvalue weighted by Gasteiger charge is 2.22. The molecule has 1 aromatic heterocycles. The first-order valence-corrected chi connectivity index (χ1v) is 6.64. The molecule has 0 aliphatic rings. The summed E-state index contributed by atoms with van der Waals surface area (Å²) in [5.41, 5.74) is 0.919. The number of halogens is 3. The van der Waals surface area contributed by atoms with Crippen molar-refractivity contribution in [3.8, 4) is 16.9 Å². The molecule has 116 valence electrons. The summed E-state index contributed by atoms with van der Waals surface area (Å²) in [5.74, 6) is -4.32. The van der Waals surface area contributed by atoms with E-state index in [1.807, 2.05) is 13.0 Å². The van der Waals surface area contributed by atoms with E-state index in [0.29, 0.717) is 12.0 Å². The average molecular weight is 317 g/mol. The van der Waals surface area contributed by atoms with E-state index in [1.165, 1.54) is 4.68 Å². The van der Waals surface area contributed by atoms with Gasteiger partial charge in [-0.15, -0.1) is 5.10 Å². The van der Waals surface area contributed by atoms with Crippen LogP contribution in [0.3, 0.4) is 0 Å². The minimum absolute atomic E-state index is 0.0398. The van der Waals surface area contributed by atoms with Gasteiger partial charge < -0.3 is 0 Å². The Bertz CT molecular complexity index is 906. The molecule has 0 amide bonds. The van der Waals surface area contributed by atoms with Gasteiger partial charge in [0.25, 0.3) is 0 Å². The van der Waals surface area contributed by atoms with Crippen LogP contribution < -0.4 is 0 Å². The molecule has 0 bridgehead atoms. The lowest BCUT2D eigenvalue weighted by molar-refractivity contribution is 0.111. The Balaban J connectivity index is 2.29. The highest BCUT2D eigenvalue weighted by molar-refractivity contribution is 5.84. The van der Waals surface area contributed by atoms with Crippen LogP contribution in [0.2, 0.25) is 0 Å². The molecule has 0 unspecified atom stereocenters. The van der Waals surface area contributed by atoms with Crippen molar-refractivity contribution in [1.29, 1.82) is 0 Å². The molecule has 0 aliphatic carbocycles. The number of aryl methyl sites for hydroxylation is 1. The number of aromatic nitrogens is 3. The molecule has 0 atom stereocenters. The Kier molecular flexibility index (Phi) is 3.69. The molecular formula is C16H10F3N3O. The third-order valence-corrected chi connectivity index (χ3v) is 3.34. The average Bonchev–Trinajstić information content (AvgIpc) is 2.96. The van der Waals surface area contributed by atoms with Crippen molar-refractivity contribution in [2.45, 2.75) is 6.92 Å². The highest BCUT2D eigenvalue weighted by Crippen LogP contribution is 2.29. The minimum Gasteiger partial charge on any atom is -0.296 e. The molecule has 0 saturated carbocycles. The molecule has 0 spiro atoms. The van der Waals surface area contributed by atoms with Crippen molar-refractivity contribution in [3.63, 3.8) is 0 Å². The van der Waals surface area contributed by atoms with Crippen LogP contribution in [-0.2, 0) is 0 Å². The van der Waals surface area contributed by atoms with E-state index in [9.17, 15) is 18.0 Å². The monoisotopic (exact) mass is 317 g/mol. The fourth-order valence-electron chi connectivity index (χ4n) is 2.27. The van der Waals surface area contributed by atoms with Crippen LogP contribution in [0.25, 0.3) is 16.9 Å². The second kappa shape index (κ2) is 5.68. The molecular weight excluding hydrogens is 307 g/mol. The molecule has 0 N–H and O–H groups in total. The Hall–Kier alpha value is -2.96. The van der Waals surface area contributed by atoms with Crippen molar-refractivity contribution in [2.24, 2.45) is 0 Å². The predicted molar refractivity (Wildman–Crippen MR) is 76.8 cm³/mol. The van der Waals surface area contributed by atoms with E-state index in [-0.39, 0.29) is 17.0 Å². The fourth-order valence-corrected chi connectivity index (χ4v) is 2.27. The van der Waals surface area contributed by atoms with E-state index in [2.05, 4.69) is 10.3 Å². The molecule has 3 rings (SSSR count). The first kappa shape index (κ1) is 15.0. The zero-order valence-electron chi connectivity index (χ0n) is 11.9. The standard InChI is InChI=1S/C16H10F3N3O/c1-9-3-2-4-10(7-9)22-16(13(8-23)20-21-22)11-5-6-12(17)15(19)14(11)18/h2-8H,1H3. The lowest BCUT2D eigenvalue weighted by Gasteiger charge is -2.09. The van der Waals surface area contributed by atoms with Gasteiger partial charge in [-0.1, -0.05) is 17.3 Å². The van der Waals surface area contributed by atoms with Gasteiger partial charge in [-0.3, -0.25) is 4.79 Å². The second-order valence-electron chi connectivity index (χ2n) is 4.91. The van der Waals surface area contributed by atoms with Gasteiger partial charge in [0.2, 0.25) is 0 Å². The third-order valence-electron chi connectivity index (χ3n) is 3.34. The molecule has 0 saturated heterocycles. The van der Waals surface area contributed by atoms with Gasteiger partial charge in [-0.2, -0.15) is 0 Å². The van der Waals surface area contributed by atoms with Crippen molar-refractivity contribution in [1.82, 2.24) is 15.0 Å². The van der Waals surface area contributed by atoms with Crippen molar-refractivity contribution < 1.29 is 18.0 Å². The minimum atomic E-state index is -1.61. The molecule has 2 aromatic carbocycles. The summed E-state index contributed by atoms with van der Waals surface area (Å²) in [6.45, 7) is 1.85. The highest BCUT2D eigenvalue weighted by atomic mass is 19.2. The molecule has 3 aromatic rings. The predicted octanol–water partition coefficient (Wildman–Crippen LogP) is 3.47. The van der Waals surface area contributed by atoms with Crippen LogP contribution in [0.1, 0.15) is 16.1 Å². The first-order valence-electron chi connectivity index (χ1n) is 6.64. The Morgan fingerprint density at radius 1 is 1.09 bits per heavy atom. The van der Waals surface area contributed by atoms with Crippen LogP contribution in [-0.4, -0.2) is 21.3 Å². The van der Waals surface area contributed by atoms with E-state index < -0.39 is 17.5 Å². The third kappa shape index (κ3) is 2.50. The van der Waals surface area contributed by atoms with Gasteiger partial charge >= 0.3 is 0 Å². The Morgan fingerprint density at radius 2 is 1.87 bits per heavy atom. The zero-order chi connectivity index (χ0) is 16.6. The Labute approximate surface area is 129 Å². The van der Waals surface area contributed by atoms with Crippen LogP contribution in [0.4, 0.5) is 13.2 Å². The van der Waals surface area contributed by atoms with Gasteiger partial charge in [0.05, 0.1) is 5.69 Å². The number of aldehydes is 1. The molecule has 0 fully saturated rings. The normalized spacial score (nSPS) is 10.8. The van der Waals surface area contributed by atoms with E-state index in [1.54, 1.807) is 18.2 Å². The smallest absolute Gasteiger partial charge is 0.195 e. The summed E-state index contributed by atoms with van der Waals surface area (Å²) in [5, 5.41) is 7.49. The second-order valence-corrected chi connectivity index (χ2v) is 4.91. The number of benzene rings is 2. The summed E-state index contributed by atoms with van der Waals surface area (Å²) < 4.78 is 42.0. The van der Waals surface area contributed by atoms with Crippen molar-refractivity contribution >= 4 is 6.29 Å². The molecule has 7 heteroatoms. The van der Waals surface area contributed by atoms with Gasteiger partial charge in [-0.25, -0.2) is 17.9 Å². The van der Waals surface area contributed by atoms with Crippen LogP contribution in [0.5, 0.6) is 0 Å². The van der Waals surface area contributed by atoms with Crippen molar-refractivity contribution in [3.05, 3.63) is 65.1 Å². The lowest BCUT2D eigenvalue weighted by Crippen LogP contribution is -2.03. The summed E-state index contributed by atoms with van der Waals surface area (Å²) in [4.78, 5) is 11.2. The number of rotatable bonds is 3. The SMILES string of the molecule is Cc1cccc(-n2nnc(C=O)c2-c2ccc(F)c(F)c2F)c1. The van der Waals surface area contributed by atoms with Gasteiger partial charge in [0.15, 0.2) is 29.4 Å². The number of nitrogens with zero attached hydrogens (tertiary/aromatic N) is 3. The van der Waals surface area contributed by atoms with E-state index in [4.69, 9.17) is 0 Å². The maximum absolute atomic E-state index is 14.1. The quantitative estimate of drug-likeness (QED) is 0.549. The molecule has 0 aliphatic heterocycles. The van der Waals surface area contributed by atoms with Gasteiger partial charge in [0.1, 0.15) is 5.69 Å². The maximum atomic E-state index is 14.1. The number of carbonyl (C=O) groups excluding carboxylic acids is 1. The number of hydrogen-bond acceptors (Lipinski definition) is 3. The number of hydrogen-bond donors (Lipinski definition) is 0. The van der Waals surface area contributed by atoms with Gasteiger partial charge in [-0.05, 0) is 36.8 Å². The summed E-state index contributed by atoms with van der Waals surface area (Å²) in [7, 11) is 0. The largest absolute Gasteiger partial charge is 0.296 e. The van der Waals surface area contributed by atoms with Crippen LogP contribution >= 0.6 is 0 Å². The van der Waals surface area contributed by atoms with E-state index >= 15 is 0 Å². The summed E-state index contributed by atoms with van der Waals surface area (Å²) in [6, 6.07) is 8.85. The van der Waals surface area contributed by atoms with E-state index in [0.717, 1.165) is 17.7 Å². The van der Waals surface area contributed by atoms with Crippen LogP contribution in [0.15, 0.2) is 36.4 Å². The van der Waals surface area contributed by atoms with Crippen LogP contribution in [0, 0.1) is 24.4 Å². The zero-order valence-corrected chi connectivity index (χ0v) is 11.9. The van der Waals surface area contributed by atoms with Crippen molar-refractivity contribution in [2.75, 3.05) is 0 Å². The Morgan fingerprint density at radius 3 is 2.57 bits per heavy atom. The molecule has 23 heavy (non-hydrogen) atoms. The first-order chi connectivity index (χ1) is 11.0. The summed E-state index contributed by atoms with van der Waals surface area (Å²) in [6.07, 6.45) is 0.384. The number of carbonyl (C=O) groups is 1. The molecule has 1 heterocycles. The fraction of sp³-hybridized carbons (Fsp3) is 0.0625. The summed E-state index contributed by atoms with van der Waals surface area (Å²) >= 11 is 0. The molecule has 0 radical (unpaired) electrons. The van der Waals surface area contributed by atoms with Gasteiger partial charge in [0, 0.05) is 5.56 Å².